The molecule has 0 aliphatic carbocycles. The zero-order valence-corrected chi connectivity index (χ0v) is 14.5. The first-order chi connectivity index (χ1) is 11.5. The topological polar surface area (TPSA) is 26.0 Å². The van der Waals surface area contributed by atoms with E-state index in [0.717, 1.165) is 22.8 Å². The standard InChI is InChI=1S/C21H21N2O/c1-14-11-17-20(12-15(14)18-13-22-9-10-23(18)4)24-19-8-6-5-7-16(19)21(17,2)3/h5-13H,1-4H3/q+1. The molecule has 3 aromatic rings. The number of benzene rings is 2. The van der Waals surface area contributed by atoms with Gasteiger partial charge in [-0.15, -0.1) is 0 Å². The van der Waals surface area contributed by atoms with Gasteiger partial charge in [0.15, 0.2) is 6.20 Å². The molecule has 0 saturated carbocycles. The van der Waals surface area contributed by atoms with Crippen LogP contribution in [0.3, 0.4) is 0 Å². The van der Waals surface area contributed by atoms with Crippen LogP contribution >= 0.6 is 0 Å². The molecule has 0 unspecified atom stereocenters. The average molecular weight is 317 g/mol. The highest BCUT2D eigenvalue weighted by Gasteiger charge is 2.35. The minimum Gasteiger partial charge on any atom is -0.457 e. The van der Waals surface area contributed by atoms with Crippen molar-refractivity contribution < 1.29 is 9.30 Å². The fourth-order valence-electron chi connectivity index (χ4n) is 3.56. The Morgan fingerprint density at radius 1 is 1.04 bits per heavy atom. The van der Waals surface area contributed by atoms with Crippen LogP contribution in [0.2, 0.25) is 0 Å². The van der Waals surface area contributed by atoms with Crippen LogP contribution < -0.4 is 9.30 Å². The third-order valence-corrected chi connectivity index (χ3v) is 5.01. The highest BCUT2D eigenvalue weighted by molar-refractivity contribution is 5.68. The quantitative estimate of drug-likeness (QED) is 0.625. The van der Waals surface area contributed by atoms with E-state index in [2.05, 4.69) is 54.6 Å². The smallest absolute Gasteiger partial charge is 0.231 e. The maximum atomic E-state index is 6.24. The van der Waals surface area contributed by atoms with E-state index in [1.807, 2.05) is 31.6 Å². The van der Waals surface area contributed by atoms with Crippen LogP contribution in [-0.4, -0.2) is 4.98 Å². The third-order valence-electron chi connectivity index (χ3n) is 5.01. The Hall–Kier alpha value is -2.68. The van der Waals surface area contributed by atoms with Gasteiger partial charge in [0.1, 0.15) is 18.5 Å². The van der Waals surface area contributed by atoms with Crippen LogP contribution in [0.4, 0.5) is 0 Å². The van der Waals surface area contributed by atoms with Crippen molar-refractivity contribution in [1.29, 1.82) is 0 Å². The van der Waals surface area contributed by atoms with Gasteiger partial charge in [-0.05, 0) is 24.6 Å². The van der Waals surface area contributed by atoms with E-state index in [9.17, 15) is 0 Å². The second kappa shape index (κ2) is 5.17. The molecule has 0 radical (unpaired) electrons. The Labute approximate surface area is 142 Å². The van der Waals surface area contributed by atoms with Crippen LogP contribution in [0.15, 0.2) is 55.0 Å². The zero-order valence-electron chi connectivity index (χ0n) is 14.5. The van der Waals surface area contributed by atoms with E-state index in [4.69, 9.17) is 4.74 Å². The molecule has 1 aliphatic heterocycles. The molecule has 24 heavy (non-hydrogen) atoms. The monoisotopic (exact) mass is 317 g/mol. The molecule has 0 atom stereocenters. The predicted octanol–water partition coefficient (Wildman–Crippen LogP) is 4.31. The normalized spacial score (nSPS) is 14.5. The molecule has 0 saturated heterocycles. The Morgan fingerprint density at radius 2 is 1.83 bits per heavy atom. The van der Waals surface area contributed by atoms with Crippen molar-refractivity contribution in [3.63, 3.8) is 0 Å². The minimum absolute atomic E-state index is 0.0788. The lowest BCUT2D eigenvalue weighted by molar-refractivity contribution is -0.660. The minimum atomic E-state index is -0.0788. The molecule has 1 aromatic heterocycles. The number of ether oxygens (including phenoxy) is 1. The van der Waals surface area contributed by atoms with Gasteiger partial charge in [0.05, 0.1) is 18.0 Å². The van der Waals surface area contributed by atoms with Crippen LogP contribution in [0.25, 0.3) is 11.3 Å². The van der Waals surface area contributed by atoms with Crippen molar-refractivity contribution >= 4 is 0 Å². The molecule has 0 fully saturated rings. The van der Waals surface area contributed by atoms with Gasteiger partial charge in [-0.1, -0.05) is 38.1 Å². The maximum Gasteiger partial charge on any atom is 0.231 e. The average Bonchev–Trinajstić information content (AvgIpc) is 2.56. The second-order valence-electron chi connectivity index (χ2n) is 6.96. The molecule has 2 heterocycles. The summed E-state index contributed by atoms with van der Waals surface area (Å²) in [5.41, 5.74) is 5.85. The van der Waals surface area contributed by atoms with E-state index in [1.54, 1.807) is 6.20 Å². The summed E-state index contributed by atoms with van der Waals surface area (Å²) in [7, 11) is 2.04. The number of aromatic nitrogens is 2. The predicted molar refractivity (Wildman–Crippen MR) is 94.2 cm³/mol. The maximum absolute atomic E-state index is 6.24. The van der Waals surface area contributed by atoms with E-state index < -0.39 is 0 Å². The molecule has 1 aliphatic rings. The van der Waals surface area contributed by atoms with E-state index in [-0.39, 0.29) is 5.41 Å². The summed E-state index contributed by atoms with van der Waals surface area (Å²) >= 11 is 0. The summed E-state index contributed by atoms with van der Waals surface area (Å²) in [6.45, 7) is 6.67. The SMILES string of the molecule is Cc1cc2c(cc1-c1cncc[n+]1C)Oc1ccccc1C2(C)C. The number of rotatable bonds is 1. The zero-order chi connectivity index (χ0) is 16.9. The number of hydrogen-bond donors (Lipinski definition) is 0. The van der Waals surface area contributed by atoms with Crippen LogP contribution in [-0.2, 0) is 12.5 Å². The Balaban J connectivity index is 1.93. The van der Waals surface area contributed by atoms with Gasteiger partial charge in [-0.3, -0.25) is 4.98 Å². The molecule has 4 rings (SSSR count). The van der Waals surface area contributed by atoms with Gasteiger partial charge < -0.3 is 4.74 Å². The molecule has 0 spiro atoms. The number of nitrogens with zero attached hydrogens (tertiary/aromatic N) is 2. The molecule has 0 bridgehead atoms. The largest absolute Gasteiger partial charge is 0.457 e. The number of para-hydroxylation sites is 1. The summed E-state index contributed by atoms with van der Waals surface area (Å²) < 4.78 is 8.33. The van der Waals surface area contributed by atoms with E-state index in [0.29, 0.717) is 0 Å². The first-order valence-electron chi connectivity index (χ1n) is 8.21. The number of fused-ring (bicyclic) bond motifs is 2. The second-order valence-corrected chi connectivity index (χ2v) is 6.96. The molecule has 3 heteroatoms. The molecule has 0 N–H and O–H groups in total. The Bertz CT molecular complexity index is 944. The van der Waals surface area contributed by atoms with Crippen LogP contribution in [0, 0.1) is 6.92 Å². The summed E-state index contributed by atoms with van der Waals surface area (Å²) in [6, 6.07) is 12.7. The van der Waals surface area contributed by atoms with Crippen molar-refractivity contribution in [1.82, 2.24) is 4.98 Å². The highest BCUT2D eigenvalue weighted by Crippen LogP contribution is 2.49. The lowest BCUT2D eigenvalue weighted by Crippen LogP contribution is -2.31. The first kappa shape index (κ1) is 14.9. The van der Waals surface area contributed by atoms with Crippen molar-refractivity contribution in [2.45, 2.75) is 26.2 Å². The lowest BCUT2D eigenvalue weighted by Gasteiger charge is -2.35. The first-order valence-corrected chi connectivity index (χ1v) is 8.21. The van der Waals surface area contributed by atoms with E-state index in [1.165, 1.54) is 16.7 Å². The van der Waals surface area contributed by atoms with Gasteiger partial charge in [0, 0.05) is 16.5 Å². The van der Waals surface area contributed by atoms with E-state index >= 15 is 0 Å². The fraction of sp³-hybridized carbons (Fsp3) is 0.238. The lowest BCUT2D eigenvalue weighted by atomic mass is 9.75. The van der Waals surface area contributed by atoms with Gasteiger partial charge in [-0.25, -0.2) is 0 Å². The van der Waals surface area contributed by atoms with Gasteiger partial charge in [0.25, 0.3) is 0 Å². The van der Waals surface area contributed by atoms with Gasteiger partial charge >= 0.3 is 0 Å². The fourth-order valence-corrected chi connectivity index (χ4v) is 3.56. The Morgan fingerprint density at radius 3 is 2.62 bits per heavy atom. The molecule has 2 aromatic carbocycles. The molecular formula is C21H21N2O+. The highest BCUT2D eigenvalue weighted by atomic mass is 16.5. The molecule has 0 amide bonds. The molecule has 120 valence electrons. The number of aryl methyl sites for hydroxylation is 2. The Kier molecular flexibility index (Phi) is 3.20. The van der Waals surface area contributed by atoms with Crippen molar-refractivity contribution in [3.05, 3.63) is 71.7 Å². The molecule has 3 nitrogen and oxygen atoms in total. The summed E-state index contributed by atoms with van der Waals surface area (Å²) in [6.07, 6.45) is 5.66. The van der Waals surface area contributed by atoms with Crippen molar-refractivity contribution in [2.75, 3.05) is 0 Å². The summed E-state index contributed by atoms with van der Waals surface area (Å²) in [5, 5.41) is 0. The van der Waals surface area contributed by atoms with Crippen LogP contribution in [0.5, 0.6) is 11.5 Å². The third kappa shape index (κ3) is 2.12. The number of hydrogen-bond acceptors (Lipinski definition) is 2. The van der Waals surface area contributed by atoms with Gasteiger partial charge in [0.2, 0.25) is 5.69 Å². The van der Waals surface area contributed by atoms with Gasteiger partial charge in [-0.2, -0.15) is 4.57 Å². The van der Waals surface area contributed by atoms with Crippen LogP contribution in [0.1, 0.15) is 30.5 Å². The summed E-state index contributed by atoms with van der Waals surface area (Å²) in [5.74, 6) is 1.88. The van der Waals surface area contributed by atoms with Crippen molar-refractivity contribution in [3.8, 4) is 22.8 Å². The summed E-state index contributed by atoms with van der Waals surface area (Å²) in [4.78, 5) is 4.28. The van der Waals surface area contributed by atoms with Crippen molar-refractivity contribution in [2.24, 2.45) is 7.05 Å². The molecular weight excluding hydrogens is 296 g/mol.